The Hall–Kier alpha value is -4.76. The third-order valence-corrected chi connectivity index (χ3v) is 10.9. The molecular weight excluding hydrogens is 1050 g/mol. The molecular formula is C51H88N6O22. The number of nitrogens with one attached hydrogen (secondary N) is 2. The molecule has 1 aromatic rings. The van der Waals surface area contributed by atoms with Crippen molar-refractivity contribution in [1.29, 1.82) is 0 Å². The molecule has 28 nitrogen and oxygen atoms in total. The highest BCUT2D eigenvalue weighted by Gasteiger charge is 2.21. The molecule has 1 heterocycles. The number of rotatable bonds is 48. The van der Waals surface area contributed by atoms with E-state index >= 15 is 0 Å². The number of ether oxygens (including phenoxy) is 13. The van der Waals surface area contributed by atoms with E-state index in [-0.39, 0.29) is 123 Å². The number of carboxylic acid groups (broad SMARTS) is 3. The Bertz CT molecular complexity index is 1710. The summed E-state index contributed by atoms with van der Waals surface area (Å²) in [7, 11) is 0. The van der Waals surface area contributed by atoms with Gasteiger partial charge < -0.3 is 87.5 Å². The first kappa shape index (κ1) is 70.3. The molecule has 28 heteroatoms. The maximum atomic E-state index is 12.9. The van der Waals surface area contributed by atoms with E-state index in [9.17, 15) is 44.1 Å². The van der Waals surface area contributed by atoms with Gasteiger partial charge in [-0.2, -0.15) is 0 Å². The van der Waals surface area contributed by atoms with Crippen LogP contribution < -0.4 is 15.4 Å². The Balaban J connectivity index is 1.42. The molecule has 5 N–H and O–H groups in total. The zero-order valence-corrected chi connectivity index (χ0v) is 46.1. The van der Waals surface area contributed by atoms with Gasteiger partial charge in [0.1, 0.15) is 12.4 Å². The maximum absolute atomic E-state index is 12.9. The topological polar surface area (TPSA) is 320 Å². The second kappa shape index (κ2) is 49.1. The molecule has 454 valence electrons. The summed E-state index contributed by atoms with van der Waals surface area (Å²) >= 11 is 0. The maximum Gasteiger partial charge on any atom is 0.513 e. The van der Waals surface area contributed by atoms with Crippen LogP contribution in [0, 0.1) is 0 Å². The van der Waals surface area contributed by atoms with Crippen LogP contribution in [0.1, 0.15) is 23.7 Å². The molecule has 0 radical (unpaired) electrons. The van der Waals surface area contributed by atoms with Gasteiger partial charge in [0, 0.05) is 77.6 Å². The van der Waals surface area contributed by atoms with Gasteiger partial charge in [0.25, 0.3) is 5.91 Å². The van der Waals surface area contributed by atoms with Crippen LogP contribution in [0.4, 0.5) is 4.79 Å². The van der Waals surface area contributed by atoms with E-state index in [1.807, 2.05) is 0 Å². The zero-order valence-electron chi connectivity index (χ0n) is 46.1. The highest BCUT2D eigenvalue weighted by Crippen LogP contribution is 2.13. The Morgan fingerprint density at radius 2 is 0.684 bits per heavy atom. The van der Waals surface area contributed by atoms with E-state index in [4.69, 9.17) is 61.6 Å². The normalized spacial score (nSPS) is 14.3. The largest absolute Gasteiger partial charge is 0.513 e. The Kier molecular flexibility index (Phi) is 43.7. The Labute approximate surface area is 463 Å². The lowest BCUT2D eigenvalue weighted by Crippen LogP contribution is -2.50. The van der Waals surface area contributed by atoms with E-state index in [0.29, 0.717) is 138 Å². The van der Waals surface area contributed by atoms with E-state index in [1.54, 1.807) is 19.6 Å². The van der Waals surface area contributed by atoms with Gasteiger partial charge in [-0.15, -0.1) is 0 Å². The number of benzene rings is 1. The summed E-state index contributed by atoms with van der Waals surface area (Å²) in [6.45, 7) is 13.3. The van der Waals surface area contributed by atoms with Crippen LogP contribution in [0.3, 0.4) is 0 Å². The first-order valence-electron chi connectivity index (χ1n) is 26.8. The molecule has 0 aliphatic carbocycles. The van der Waals surface area contributed by atoms with Gasteiger partial charge in [-0.1, -0.05) is 6.92 Å². The van der Waals surface area contributed by atoms with Crippen molar-refractivity contribution in [3.63, 3.8) is 0 Å². The molecule has 79 heavy (non-hydrogen) atoms. The van der Waals surface area contributed by atoms with Crippen molar-refractivity contribution in [2.24, 2.45) is 0 Å². The van der Waals surface area contributed by atoms with Crippen LogP contribution in [0.15, 0.2) is 24.3 Å². The molecule has 2 rings (SSSR count). The summed E-state index contributed by atoms with van der Waals surface area (Å²) in [5, 5.41) is 33.7. The van der Waals surface area contributed by atoms with E-state index < -0.39 is 24.1 Å². The lowest BCUT2D eigenvalue weighted by molar-refractivity contribution is -0.140. The Morgan fingerprint density at radius 1 is 0.392 bits per heavy atom. The van der Waals surface area contributed by atoms with Gasteiger partial charge in [0.2, 0.25) is 5.91 Å². The first-order valence-corrected chi connectivity index (χ1v) is 26.8. The second-order valence-corrected chi connectivity index (χ2v) is 17.4. The molecule has 0 bridgehead atoms. The lowest BCUT2D eigenvalue weighted by Gasteiger charge is -2.32. The van der Waals surface area contributed by atoms with Gasteiger partial charge in [0.05, 0.1) is 165 Å². The number of carbonyl (C=O) groups excluding carboxylic acids is 3. The monoisotopic (exact) mass is 1140 g/mol. The van der Waals surface area contributed by atoms with Crippen molar-refractivity contribution < 1.29 is 106 Å². The molecule has 0 atom stereocenters. The van der Waals surface area contributed by atoms with Crippen LogP contribution in [0.25, 0.3) is 0 Å². The summed E-state index contributed by atoms with van der Waals surface area (Å²) in [6, 6.07) is 5.90. The fourth-order valence-corrected chi connectivity index (χ4v) is 6.96. The fourth-order valence-electron chi connectivity index (χ4n) is 6.96. The predicted molar refractivity (Wildman–Crippen MR) is 282 cm³/mol. The number of amides is 2. The predicted octanol–water partition coefficient (Wildman–Crippen LogP) is -0.884. The molecule has 0 saturated carbocycles. The number of hydrogen-bond acceptors (Lipinski definition) is 23. The molecule has 0 aromatic heterocycles. The van der Waals surface area contributed by atoms with E-state index in [2.05, 4.69) is 17.6 Å². The van der Waals surface area contributed by atoms with Gasteiger partial charge in [-0.3, -0.25) is 43.6 Å². The van der Waals surface area contributed by atoms with Crippen molar-refractivity contribution in [1.82, 2.24) is 30.2 Å². The third kappa shape index (κ3) is 42.8. The number of hydrogen-bond donors (Lipinski definition) is 5. The quantitative estimate of drug-likeness (QED) is 0.0300. The molecule has 0 unspecified atom stereocenters. The van der Waals surface area contributed by atoms with Crippen LogP contribution >= 0.6 is 0 Å². The van der Waals surface area contributed by atoms with Gasteiger partial charge in [-0.25, -0.2) is 4.79 Å². The van der Waals surface area contributed by atoms with Gasteiger partial charge in [-0.05, 0) is 30.7 Å². The van der Waals surface area contributed by atoms with Crippen LogP contribution in [-0.2, 0) is 76.0 Å². The highest BCUT2D eigenvalue weighted by atomic mass is 16.7. The minimum absolute atomic E-state index is 0.0168. The lowest BCUT2D eigenvalue weighted by atomic mass is 10.2. The minimum atomic E-state index is -1.04. The molecule has 1 fully saturated rings. The highest BCUT2D eigenvalue weighted by molar-refractivity contribution is 5.94. The van der Waals surface area contributed by atoms with Crippen LogP contribution in [0.2, 0.25) is 0 Å². The fraction of sp³-hybridized carbons (Fsp3) is 0.765. The number of carboxylic acids is 3. The summed E-state index contributed by atoms with van der Waals surface area (Å²) in [6.07, 6.45) is 0.0276. The average Bonchev–Trinajstić information content (AvgIpc) is 3.41. The minimum Gasteiger partial charge on any atom is -0.480 e. The third-order valence-electron chi connectivity index (χ3n) is 10.9. The van der Waals surface area contributed by atoms with Gasteiger partial charge in [0.15, 0.2) is 0 Å². The summed E-state index contributed by atoms with van der Waals surface area (Å²) < 4.78 is 70.3. The van der Waals surface area contributed by atoms with Crippen LogP contribution in [0.5, 0.6) is 5.75 Å². The average molecular weight is 1140 g/mol. The molecule has 1 saturated heterocycles. The van der Waals surface area contributed by atoms with E-state index in [1.165, 1.54) is 24.3 Å². The standard InChI is InChI=1S/C51H88N6O22/c1-2-17-67-20-22-70-24-26-72-28-30-74-32-34-76-36-37-77-35-33-75-31-29-73-27-25-71-23-21-68-19-8-53-50(65)44-3-5-45(6-4-44)79-51(66)78-39-38-69-18-7-52-46(58)40-54-9-11-55(41-47(59)60)13-15-57(43-49(63)64)16-14-56(12-10-54)42-48(61)62/h3-6H,2,7-43H2,1H3,(H,52,58)(H,53,65)(H,59,60)(H,61,62)(H,63,64). The van der Waals surface area contributed by atoms with Crippen molar-refractivity contribution in [3.05, 3.63) is 29.8 Å². The number of carbonyl (C=O) groups is 6. The molecule has 2 amide bonds. The zero-order chi connectivity index (χ0) is 57.2. The molecule has 0 spiro atoms. The number of aliphatic carboxylic acids is 3. The molecule has 1 aromatic carbocycles. The van der Waals surface area contributed by atoms with Crippen molar-refractivity contribution in [2.75, 3.05) is 244 Å². The van der Waals surface area contributed by atoms with Gasteiger partial charge >= 0.3 is 24.1 Å². The van der Waals surface area contributed by atoms with Crippen molar-refractivity contribution in [2.45, 2.75) is 13.3 Å². The first-order chi connectivity index (χ1) is 38.4. The number of nitrogens with zero attached hydrogens (tertiary/aromatic N) is 4. The molecule has 1 aliphatic rings. The van der Waals surface area contributed by atoms with Crippen LogP contribution in [-0.4, -0.2) is 314 Å². The Morgan fingerprint density at radius 3 is 1.01 bits per heavy atom. The summed E-state index contributed by atoms with van der Waals surface area (Å²) in [5.41, 5.74) is 0.346. The summed E-state index contributed by atoms with van der Waals surface area (Å²) in [5.74, 6) is -3.64. The van der Waals surface area contributed by atoms with E-state index in [0.717, 1.165) is 13.0 Å². The smallest absolute Gasteiger partial charge is 0.480 e. The second-order valence-electron chi connectivity index (χ2n) is 17.4. The van der Waals surface area contributed by atoms with Crippen molar-refractivity contribution in [3.8, 4) is 5.75 Å². The molecule has 1 aliphatic heterocycles. The van der Waals surface area contributed by atoms with Crippen molar-refractivity contribution >= 4 is 35.9 Å². The SMILES string of the molecule is CCCOCCOCCOCCOCCOCCOCCOCCOCCOCCOCCNC(=O)c1ccc(OC(=O)OCCOCCNC(=O)CN2CCN(CC(=O)O)CCN(CC(=O)O)CCN(CC(=O)O)CC2)cc1. The summed E-state index contributed by atoms with van der Waals surface area (Å²) in [4.78, 5) is 78.8.